The predicted octanol–water partition coefficient (Wildman–Crippen LogP) is 6.21. The Labute approximate surface area is 217 Å². The lowest BCUT2D eigenvalue weighted by Gasteiger charge is -2.12. The van der Waals surface area contributed by atoms with Crippen LogP contribution in [-0.4, -0.2) is 23.3 Å². The van der Waals surface area contributed by atoms with E-state index in [9.17, 15) is 9.59 Å². The third kappa shape index (κ3) is 5.24. The van der Waals surface area contributed by atoms with Crippen molar-refractivity contribution in [2.75, 3.05) is 6.54 Å². The Bertz CT molecular complexity index is 1600. The molecule has 0 saturated heterocycles. The number of hydrogen-bond donors (Lipinski definition) is 3. The molecule has 0 aliphatic heterocycles. The van der Waals surface area contributed by atoms with E-state index in [-0.39, 0.29) is 17.5 Å². The number of rotatable bonds is 7. The van der Waals surface area contributed by atoms with Gasteiger partial charge in [0, 0.05) is 33.7 Å². The molecule has 5 aromatic rings. The first-order valence-corrected chi connectivity index (χ1v) is 12.5. The first kappa shape index (κ1) is 23.6. The van der Waals surface area contributed by atoms with E-state index in [1.54, 1.807) is 24.3 Å². The Hall–Kier alpha value is -4.16. The summed E-state index contributed by atoms with van der Waals surface area (Å²) in [5.41, 5.74) is 3.69. The zero-order valence-corrected chi connectivity index (χ0v) is 21.0. The molecule has 1 heterocycles. The number of H-pyrrole nitrogens is 1. The highest BCUT2D eigenvalue weighted by molar-refractivity contribution is 9.10. The molecule has 0 spiro atoms. The van der Waals surface area contributed by atoms with Gasteiger partial charge in [0.05, 0.1) is 0 Å². The first-order valence-electron chi connectivity index (χ1n) is 11.7. The highest BCUT2D eigenvalue weighted by atomic mass is 79.9. The standard InChI is InChI=1S/C30H24BrN3O2/c31-24-11-6-10-22(17-24)29(35)34-28(18-21-9-5-8-20-7-1-2-12-25(20)21)30(36)32-16-15-23-19-33-27-14-4-3-13-26(23)27/h1-14,17-19,33H,15-16H2,(H,32,36)(H,34,35)/b28-18+. The summed E-state index contributed by atoms with van der Waals surface area (Å²) in [6, 6.07) is 29.0. The van der Waals surface area contributed by atoms with Gasteiger partial charge in [0.25, 0.3) is 11.8 Å². The molecular weight excluding hydrogens is 514 g/mol. The Morgan fingerprint density at radius 2 is 1.61 bits per heavy atom. The van der Waals surface area contributed by atoms with Gasteiger partial charge in [-0.25, -0.2) is 0 Å². The summed E-state index contributed by atoms with van der Waals surface area (Å²) in [6.07, 6.45) is 4.37. The second-order valence-corrected chi connectivity index (χ2v) is 9.37. The van der Waals surface area contributed by atoms with Crippen LogP contribution in [0.4, 0.5) is 0 Å². The third-order valence-corrected chi connectivity index (χ3v) is 6.55. The van der Waals surface area contributed by atoms with Crippen LogP contribution in [0.5, 0.6) is 0 Å². The normalized spacial score (nSPS) is 11.5. The molecule has 0 saturated carbocycles. The SMILES string of the molecule is O=C(NCCc1c[nH]c2ccccc12)/C(=C\c1cccc2ccccc12)NC(=O)c1cccc(Br)c1. The first-order chi connectivity index (χ1) is 17.6. The Morgan fingerprint density at radius 1 is 0.861 bits per heavy atom. The molecule has 2 amide bonds. The zero-order chi connectivity index (χ0) is 24.9. The number of fused-ring (bicyclic) bond motifs is 2. The molecule has 0 aliphatic rings. The lowest BCUT2D eigenvalue weighted by atomic mass is 10.0. The summed E-state index contributed by atoms with van der Waals surface area (Å²) in [5, 5.41) is 9.01. The molecule has 5 rings (SSSR count). The number of halogens is 1. The van der Waals surface area contributed by atoms with Crippen molar-refractivity contribution in [2.45, 2.75) is 6.42 Å². The van der Waals surface area contributed by atoms with Crippen molar-refractivity contribution in [1.82, 2.24) is 15.6 Å². The van der Waals surface area contributed by atoms with Gasteiger partial charge in [0.1, 0.15) is 5.70 Å². The second-order valence-electron chi connectivity index (χ2n) is 8.46. The highest BCUT2D eigenvalue weighted by Gasteiger charge is 2.16. The Balaban J connectivity index is 1.40. The number of carbonyl (C=O) groups excluding carboxylic acids is 2. The fourth-order valence-electron chi connectivity index (χ4n) is 4.26. The van der Waals surface area contributed by atoms with E-state index in [2.05, 4.69) is 37.6 Å². The molecule has 0 unspecified atom stereocenters. The van der Waals surface area contributed by atoms with Crippen LogP contribution in [-0.2, 0) is 11.2 Å². The van der Waals surface area contributed by atoms with E-state index in [1.807, 2.05) is 72.9 Å². The highest BCUT2D eigenvalue weighted by Crippen LogP contribution is 2.21. The number of para-hydroxylation sites is 1. The van der Waals surface area contributed by atoms with Crippen LogP contribution < -0.4 is 10.6 Å². The quantitative estimate of drug-likeness (QED) is 0.216. The van der Waals surface area contributed by atoms with Gasteiger partial charge in [0.15, 0.2) is 0 Å². The maximum absolute atomic E-state index is 13.3. The molecule has 0 radical (unpaired) electrons. The third-order valence-electron chi connectivity index (χ3n) is 6.06. The van der Waals surface area contributed by atoms with Crippen LogP contribution in [0.3, 0.4) is 0 Å². The largest absolute Gasteiger partial charge is 0.361 e. The van der Waals surface area contributed by atoms with E-state index in [4.69, 9.17) is 0 Å². The van der Waals surface area contributed by atoms with Gasteiger partial charge in [-0.1, -0.05) is 82.7 Å². The molecule has 0 aliphatic carbocycles. The van der Waals surface area contributed by atoms with Crippen molar-refractivity contribution < 1.29 is 9.59 Å². The number of hydrogen-bond acceptors (Lipinski definition) is 2. The Kier molecular flexibility index (Phi) is 6.96. The van der Waals surface area contributed by atoms with Crippen molar-refractivity contribution in [2.24, 2.45) is 0 Å². The molecule has 4 aromatic carbocycles. The van der Waals surface area contributed by atoms with Gasteiger partial charge in [-0.3, -0.25) is 9.59 Å². The minimum atomic E-state index is -0.352. The summed E-state index contributed by atoms with van der Waals surface area (Å²) in [5.74, 6) is -0.694. The van der Waals surface area contributed by atoms with Crippen LogP contribution in [0, 0.1) is 0 Å². The maximum atomic E-state index is 13.3. The minimum absolute atomic E-state index is 0.190. The molecule has 0 bridgehead atoms. The fraction of sp³-hybridized carbons (Fsp3) is 0.0667. The van der Waals surface area contributed by atoms with Crippen molar-refractivity contribution >= 4 is 55.5 Å². The molecule has 0 atom stereocenters. The monoisotopic (exact) mass is 537 g/mol. The summed E-state index contributed by atoms with van der Waals surface area (Å²) in [6.45, 7) is 0.431. The molecular formula is C30H24BrN3O2. The predicted molar refractivity (Wildman–Crippen MR) is 149 cm³/mol. The van der Waals surface area contributed by atoms with E-state index in [0.717, 1.165) is 37.3 Å². The second kappa shape index (κ2) is 10.6. The van der Waals surface area contributed by atoms with Crippen molar-refractivity contribution in [3.05, 3.63) is 124 Å². The summed E-state index contributed by atoms with van der Waals surface area (Å²) < 4.78 is 0.790. The zero-order valence-electron chi connectivity index (χ0n) is 19.4. The number of benzene rings is 4. The molecule has 1 aromatic heterocycles. The van der Waals surface area contributed by atoms with Crippen LogP contribution in [0.2, 0.25) is 0 Å². The molecule has 5 nitrogen and oxygen atoms in total. The van der Waals surface area contributed by atoms with Crippen molar-refractivity contribution in [3.8, 4) is 0 Å². The number of aromatic amines is 1. The number of nitrogens with one attached hydrogen (secondary N) is 3. The van der Waals surface area contributed by atoms with Gasteiger partial charge in [-0.15, -0.1) is 0 Å². The topological polar surface area (TPSA) is 74.0 Å². The molecule has 178 valence electrons. The van der Waals surface area contributed by atoms with Crippen molar-refractivity contribution in [3.63, 3.8) is 0 Å². The van der Waals surface area contributed by atoms with Gasteiger partial charge in [0.2, 0.25) is 0 Å². The lowest BCUT2D eigenvalue weighted by Crippen LogP contribution is -2.35. The molecule has 0 fully saturated rings. The van der Waals surface area contributed by atoms with Crippen LogP contribution in [0.1, 0.15) is 21.5 Å². The van der Waals surface area contributed by atoms with E-state index in [1.165, 1.54) is 0 Å². The van der Waals surface area contributed by atoms with E-state index < -0.39 is 0 Å². The number of amides is 2. The fourth-order valence-corrected chi connectivity index (χ4v) is 4.66. The number of carbonyl (C=O) groups is 2. The van der Waals surface area contributed by atoms with Crippen molar-refractivity contribution in [1.29, 1.82) is 0 Å². The van der Waals surface area contributed by atoms with Gasteiger partial charge in [-0.2, -0.15) is 0 Å². The van der Waals surface area contributed by atoms with Crippen LogP contribution in [0.25, 0.3) is 27.8 Å². The minimum Gasteiger partial charge on any atom is -0.361 e. The average Bonchev–Trinajstić information content (AvgIpc) is 3.31. The average molecular weight is 538 g/mol. The molecule has 3 N–H and O–H groups in total. The van der Waals surface area contributed by atoms with Crippen LogP contribution >= 0.6 is 15.9 Å². The summed E-state index contributed by atoms with van der Waals surface area (Å²) in [7, 11) is 0. The molecule has 36 heavy (non-hydrogen) atoms. The van der Waals surface area contributed by atoms with E-state index in [0.29, 0.717) is 18.5 Å². The van der Waals surface area contributed by atoms with E-state index >= 15 is 0 Å². The Morgan fingerprint density at radius 3 is 2.47 bits per heavy atom. The smallest absolute Gasteiger partial charge is 0.267 e. The maximum Gasteiger partial charge on any atom is 0.267 e. The van der Waals surface area contributed by atoms with Gasteiger partial charge in [-0.05, 0) is 58.7 Å². The van der Waals surface area contributed by atoms with Gasteiger partial charge < -0.3 is 15.6 Å². The molecule has 6 heteroatoms. The van der Waals surface area contributed by atoms with Gasteiger partial charge >= 0.3 is 0 Å². The van der Waals surface area contributed by atoms with Crippen LogP contribution in [0.15, 0.2) is 107 Å². The summed E-state index contributed by atoms with van der Waals surface area (Å²) >= 11 is 3.40. The lowest BCUT2D eigenvalue weighted by molar-refractivity contribution is -0.117. The summed E-state index contributed by atoms with van der Waals surface area (Å²) in [4.78, 5) is 29.6. The number of aromatic nitrogens is 1.